The molecule has 0 aromatic carbocycles. The molecule has 2 unspecified atom stereocenters. The number of sulfone groups is 1. The molecule has 1 N–H and O–H groups in total. The largest absolute Gasteiger partial charge is 0.465 e. The summed E-state index contributed by atoms with van der Waals surface area (Å²) in [6.45, 7) is 5.70. The lowest BCUT2D eigenvalue weighted by Crippen LogP contribution is -2.44. The standard InChI is InChI=1S/C12H25NO4S/c1-5-8-10(13-4)11(6-2)18(15,16)9-12(14)17-7-3/h10-11,13H,5-9H2,1-4H3. The van der Waals surface area contributed by atoms with Crippen LogP contribution in [-0.2, 0) is 19.4 Å². The SMILES string of the molecule is CCCC(NC)C(CC)S(=O)(=O)CC(=O)OCC. The lowest BCUT2D eigenvalue weighted by atomic mass is 10.1. The smallest absolute Gasteiger partial charge is 0.321 e. The Morgan fingerprint density at radius 2 is 1.89 bits per heavy atom. The first kappa shape index (κ1) is 17.4. The van der Waals surface area contributed by atoms with Crippen molar-refractivity contribution in [3.05, 3.63) is 0 Å². The Hall–Kier alpha value is -0.620. The van der Waals surface area contributed by atoms with Crippen molar-refractivity contribution in [2.75, 3.05) is 19.4 Å². The van der Waals surface area contributed by atoms with Crippen LogP contribution in [0.5, 0.6) is 0 Å². The fraction of sp³-hybridized carbons (Fsp3) is 0.917. The fourth-order valence-corrected chi connectivity index (χ4v) is 4.00. The van der Waals surface area contributed by atoms with Crippen molar-refractivity contribution in [2.45, 2.75) is 51.3 Å². The number of hydrogen-bond donors (Lipinski definition) is 1. The first-order chi connectivity index (χ1) is 8.42. The molecule has 18 heavy (non-hydrogen) atoms. The highest BCUT2D eigenvalue weighted by molar-refractivity contribution is 7.92. The van der Waals surface area contributed by atoms with Gasteiger partial charge in [-0.05, 0) is 26.8 Å². The molecule has 0 aromatic rings. The first-order valence-corrected chi connectivity index (χ1v) is 8.18. The summed E-state index contributed by atoms with van der Waals surface area (Å²) < 4.78 is 29.1. The van der Waals surface area contributed by atoms with Crippen molar-refractivity contribution >= 4 is 15.8 Å². The van der Waals surface area contributed by atoms with Gasteiger partial charge in [-0.1, -0.05) is 20.3 Å². The predicted octanol–water partition coefficient (Wildman–Crippen LogP) is 1.13. The third kappa shape index (κ3) is 5.35. The van der Waals surface area contributed by atoms with Crippen LogP contribution in [0.25, 0.3) is 0 Å². The molecule has 0 aliphatic heterocycles. The fourth-order valence-electron chi connectivity index (χ4n) is 2.09. The molecule has 0 bridgehead atoms. The molecule has 0 fully saturated rings. The van der Waals surface area contributed by atoms with Crippen molar-refractivity contribution < 1.29 is 17.9 Å². The number of carbonyl (C=O) groups is 1. The highest BCUT2D eigenvalue weighted by Crippen LogP contribution is 2.16. The molecule has 2 atom stereocenters. The molecule has 6 heteroatoms. The maximum atomic E-state index is 12.2. The zero-order chi connectivity index (χ0) is 14.2. The van der Waals surface area contributed by atoms with E-state index in [1.165, 1.54) is 0 Å². The minimum absolute atomic E-state index is 0.112. The average molecular weight is 279 g/mol. The predicted molar refractivity (Wildman–Crippen MR) is 72.3 cm³/mol. The van der Waals surface area contributed by atoms with Crippen LogP contribution in [0, 0.1) is 0 Å². The van der Waals surface area contributed by atoms with E-state index < -0.39 is 26.8 Å². The summed E-state index contributed by atoms with van der Waals surface area (Å²) in [6, 6.07) is -0.112. The van der Waals surface area contributed by atoms with Crippen LogP contribution >= 0.6 is 0 Å². The zero-order valence-electron chi connectivity index (χ0n) is 11.7. The maximum Gasteiger partial charge on any atom is 0.321 e. The van der Waals surface area contributed by atoms with Gasteiger partial charge in [0.25, 0.3) is 0 Å². The lowest BCUT2D eigenvalue weighted by Gasteiger charge is -2.25. The van der Waals surface area contributed by atoms with Gasteiger partial charge in [-0.2, -0.15) is 0 Å². The maximum absolute atomic E-state index is 12.2. The molecule has 0 amide bonds. The summed E-state index contributed by atoms with van der Waals surface area (Å²) in [5, 5.41) is 2.50. The number of esters is 1. The highest BCUT2D eigenvalue weighted by atomic mass is 32.2. The number of carbonyl (C=O) groups excluding carboxylic acids is 1. The van der Waals surface area contributed by atoms with Crippen molar-refractivity contribution in [2.24, 2.45) is 0 Å². The summed E-state index contributed by atoms with van der Waals surface area (Å²) >= 11 is 0. The van der Waals surface area contributed by atoms with Crippen LogP contribution < -0.4 is 5.32 Å². The summed E-state index contributed by atoms with van der Waals surface area (Å²) in [7, 11) is -1.71. The van der Waals surface area contributed by atoms with Crippen LogP contribution in [-0.4, -0.2) is 45.1 Å². The minimum Gasteiger partial charge on any atom is -0.465 e. The topological polar surface area (TPSA) is 72.5 Å². The number of ether oxygens (including phenoxy) is 1. The molecule has 108 valence electrons. The molecule has 0 saturated heterocycles. The molecular formula is C12H25NO4S. The van der Waals surface area contributed by atoms with E-state index in [4.69, 9.17) is 4.74 Å². The van der Waals surface area contributed by atoms with Crippen molar-refractivity contribution in [3.8, 4) is 0 Å². The van der Waals surface area contributed by atoms with Gasteiger partial charge in [0.15, 0.2) is 9.84 Å². The number of nitrogens with one attached hydrogen (secondary N) is 1. The number of hydrogen-bond acceptors (Lipinski definition) is 5. The Balaban J connectivity index is 4.85. The van der Waals surface area contributed by atoms with E-state index in [9.17, 15) is 13.2 Å². The Bertz CT molecular complexity index is 340. The van der Waals surface area contributed by atoms with Gasteiger partial charge in [0.05, 0.1) is 11.9 Å². The van der Waals surface area contributed by atoms with E-state index in [1.54, 1.807) is 14.0 Å². The second-order valence-electron chi connectivity index (χ2n) is 4.24. The quantitative estimate of drug-likeness (QED) is 0.641. The van der Waals surface area contributed by atoms with Crippen LogP contribution in [0.15, 0.2) is 0 Å². The Kier molecular flexibility index (Phi) is 8.18. The molecular weight excluding hydrogens is 254 g/mol. The van der Waals surface area contributed by atoms with Gasteiger partial charge in [0.1, 0.15) is 5.75 Å². The molecule has 0 aliphatic rings. The molecule has 5 nitrogen and oxygen atoms in total. The van der Waals surface area contributed by atoms with E-state index in [1.807, 2.05) is 13.8 Å². The Morgan fingerprint density at radius 3 is 2.28 bits per heavy atom. The minimum atomic E-state index is -3.46. The van der Waals surface area contributed by atoms with E-state index in [0.29, 0.717) is 6.42 Å². The molecule has 0 aliphatic carbocycles. The number of rotatable bonds is 9. The Morgan fingerprint density at radius 1 is 1.28 bits per heavy atom. The van der Waals surface area contributed by atoms with Crippen molar-refractivity contribution in [3.63, 3.8) is 0 Å². The summed E-state index contributed by atoms with van der Waals surface area (Å²) in [6.07, 6.45) is 2.17. The highest BCUT2D eigenvalue weighted by Gasteiger charge is 2.32. The van der Waals surface area contributed by atoms with Crippen LogP contribution in [0.4, 0.5) is 0 Å². The van der Waals surface area contributed by atoms with E-state index >= 15 is 0 Å². The third-order valence-electron chi connectivity index (χ3n) is 2.91. The normalized spacial score (nSPS) is 15.1. The van der Waals surface area contributed by atoms with Crippen LogP contribution in [0.2, 0.25) is 0 Å². The van der Waals surface area contributed by atoms with Gasteiger partial charge >= 0.3 is 5.97 Å². The summed E-state index contributed by atoms with van der Waals surface area (Å²) in [5.74, 6) is -1.19. The van der Waals surface area contributed by atoms with Crippen molar-refractivity contribution in [1.82, 2.24) is 5.32 Å². The molecule has 0 radical (unpaired) electrons. The van der Waals surface area contributed by atoms with Gasteiger partial charge < -0.3 is 10.1 Å². The van der Waals surface area contributed by atoms with Gasteiger partial charge in [0.2, 0.25) is 0 Å². The lowest BCUT2D eigenvalue weighted by molar-refractivity contribution is -0.139. The average Bonchev–Trinajstić information content (AvgIpc) is 2.27. The van der Waals surface area contributed by atoms with E-state index in [0.717, 1.165) is 12.8 Å². The first-order valence-electron chi connectivity index (χ1n) is 6.47. The van der Waals surface area contributed by atoms with Crippen LogP contribution in [0.3, 0.4) is 0 Å². The molecule has 0 saturated carbocycles. The second-order valence-corrected chi connectivity index (χ2v) is 6.46. The van der Waals surface area contributed by atoms with E-state index in [2.05, 4.69) is 5.32 Å². The van der Waals surface area contributed by atoms with Gasteiger partial charge in [-0.3, -0.25) is 4.79 Å². The Labute approximate surface area is 110 Å². The summed E-state index contributed by atoms with van der Waals surface area (Å²) in [4.78, 5) is 11.3. The zero-order valence-corrected chi connectivity index (χ0v) is 12.5. The molecule has 0 rings (SSSR count). The third-order valence-corrected chi connectivity index (χ3v) is 5.13. The van der Waals surface area contributed by atoms with Crippen molar-refractivity contribution in [1.29, 1.82) is 0 Å². The summed E-state index contributed by atoms with van der Waals surface area (Å²) in [5.41, 5.74) is 0. The van der Waals surface area contributed by atoms with Gasteiger partial charge in [-0.25, -0.2) is 8.42 Å². The second kappa shape index (κ2) is 8.48. The van der Waals surface area contributed by atoms with Gasteiger partial charge in [-0.15, -0.1) is 0 Å². The molecule has 0 heterocycles. The van der Waals surface area contributed by atoms with Gasteiger partial charge in [0, 0.05) is 6.04 Å². The molecule has 0 aromatic heterocycles. The van der Waals surface area contributed by atoms with E-state index in [-0.39, 0.29) is 12.6 Å². The molecule has 0 spiro atoms. The monoisotopic (exact) mass is 279 g/mol. The van der Waals surface area contributed by atoms with Crippen LogP contribution in [0.1, 0.15) is 40.0 Å².